The molecule has 2 aromatic carbocycles. The number of amides is 1. The second kappa shape index (κ2) is 9.45. The van der Waals surface area contributed by atoms with E-state index in [0.717, 1.165) is 23.2 Å². The first-order valence-corrected chi connectivity index (χ1v) is 12.2. The molecule has 0 bridgehead atoms. The zero-order valence-electron chi connectivity index (χ0n) is 19.0. The first-order chi connectivity index (χ1) is 17.2. The van der Waals surface area contributed by atoms with Crippen molar-refractivity contribution in [3.05, 3.63) is 105 Å². The summed E-state index contributed by atoms with van der Waals surface area (Å²) in [5.74, 6) is -0.236. The highest BCUT2D eigenvalue weighted by molar-refractivity contribution is 6.34. The average molecular weight is 533 g/mol. The van der Waals surface area contributed by atoms with Crippen molar-refractivity contribution in [1.29, 1.82) is 0 Å². The van der Waals surface area contributed by atoms with Gasteiger partial charge in [-0.15, -0.1) is 0 Å². The van der Waals surface area contributed by atoms with Crippen LogP contribution >= 0.6 is 23.2 Å². The van der Waals surface area contributed by atoms with E-state index in [1.807, 2.05) is 12.1 Å². The second-order valence-corrected chi connectivity index (χ2v) is 9.77. The molecule has 1 atom stereocenters. The SMILES string of the molecule is O=C(NCc1ccccn1)c1ccc(C2=COC(c3cc(Cl)cc(Cl)c3)(C(F)(F)F)C2)c2c1CCC2. The van der Waals surface area contributed by atoms with E-state index in [-0.39, 0.29) is 28.1 Å². The third-order valence-corrected chi connectivity index (χ3v) is 7.10. The van der Waals surface area contributed by atoms with Gasteiger partial charge in [0.25, 0.3) is 5.91 Å². The maximum absolute atomic E-state index is 14.4. The van der Waals surface area contributed by atoms with Crippen LogP contribution in [0.25, 0.3) is 5.57 Å². The van der Waals surface area contributed by atoms with Gasteiger partial charge in [-0.3, -0.25) is 9.78 Å². The summed E-state index contributed by atoms with van der Waals surface area (Å²) in [7, 11) is 0. The van der Waals surface area contributed by atoms with Gasteiger partial charge in [-0.25, -0.2) is 0 Å². The summed E-state index contributed by atoms with van der Waals surface area (Å²) in [6.07, 6.45) is -0.141. The maximum Gasteiger partial charge on any atom is 0.432 e. The number of ether oxygens (including phenoxy) is 1. The van der Waals surface area contributed by atoms with Crippen molar-refractivity contribution in [2.24, 2.45) is 0 Å². The number of nitrogens with one attached hydrogen (secondary N) is 1. The fourth-order valence-corrected chi connectivity index (χ4v) is 5.48. The van der Waals surface area contributed by atoms with E-state index < -0.39 is 18.2 Å². The maximum atomic E-state index is 14.4. The van der Waals surface area contributed by atoms with Gasteiger partial charge in [0.1, 0.15) is 0 Å². The van der Waals surface area contributed by atoms with Gasteiger partial charge in [0, 0.05) is 33.8 Å². The minimum atomic E-state index is -4.71. The third kappa shape index (κ3) is 4.46. The Bertz CT molecular complexity index is 1340. The van der Waals surface area contributed by atoms with Crippen molar-refractivity contribution in [3.63, 3.8) is 0 Å². The van der Waals surface area contributed by atoms with Crippen LogP contribution in [-0.2, 0) is 29.7 Å². The number of nitrogens with zero attached hydrogens (tertiary/aromatic N) is 1. The van der Waals surface area contributed by atoms with E-state index in [4.69, 9.17) is 27.9 Å². The average Bonchev–Trinajstić information content (AvgIpc) is 3.50. The molecule has 9 heteroatoms. The number of hydrogen-bond donors (Lipinski definition) is 1. The zero-order chi connectivity index (χ0) is 25.5. The molecule has 0 fully saturated rings. The molecule has 2 aliphatic rings. The molecule has 1 N–H and O–H groups in total. The molecule has 1 unspecified atom stereocenters. The highest BCUT2D eigenvalue weighted by atomic mass is 35.5. The molecule has 0 radical (unpaired) electrons. The number of carbonyl (C=O) groups is 1. The second-order valence-electron chi connectivity index (χ2n) is 8.90. The summed E-state index contributed by atoms with van der Waals surface area (Å²) >= 11 is 12.0. The van der Waals surface area contributed by atoms with Crippen molar-refractivity contribution in [3.8, 4) is 0 Å². The number of halogens is 5. The lowest BCUT2D eigenvalue weighted by Gasteiger charge is -2.32. The molecule has 4 nitrogen and oxygen atoms in total. The molecule has 0 saturated heterocycles. The van der Waals surface area contributed by atoms with Gasteiger partial charge in [-0.1, -0.05) is 35.3 Å². The molecule has 0 saturated carbocycles. The lowest BCUT2D eigenvalue weighted by molar-refractivity contribution is -0.260. The lowest BCUT2D eigenvalue weighted by Crippen LogP contribution is -2.42. The van der Waals surface area contributed by atoms with Gasteiger partial charge in [-0.2, -0.15) is 13.2 Å². The Labute approximate surface area is 216 Å². The minimum Gasteiger partial charge on any atom is -0.480 e. The molecule has 1 aliphatic heterocycles. The van der Waals surface area contributed by atoms with Gasteiger partial charge >= 0.3 is 6.18 Å². The number of hydrogen-bond acceptors (Lipinski definition) is 3. The Morgan fingerprint density at radius 2 is 1.81 bits per heavy atom. The summed E-state index contributed by atoms with van der Waals surface area (Å²) in [5, 5.41) is 3.08. The van der Waals surface area contributed by atoms with Crippen molar-refractivity contribution in [1.82, 2.24) is 10.3 Å². The van der Waals surface area contributed by atoms with E-state index >= 15 is 0 Å². The Kier molecular flexibility index (Phi) is 6.47. The van der Waals surface area contributed by atoms with E-state index in [2.05, 4.69) is 10.3 Å². The molecule has 1 amide bonds. The predicted molar refractivity (Wildman–Crippen MR) is 132 cm³/mol. The smallest absolute Gasteiger partial charge is 0.432 e. The quantitative estimate of drug-likeness (QED) is 0.383. The Balaban J connectivity index is 1.44. The van der Waals surface area contributed by atoms with E-state index in [0.29, 0.717) is 29.5 Å². The van der Waals surface area contributed by atoms with Gasteiger partial charge in [0.05, 0.1) is 18.5 Å². The minimum absolute atomic E-state index is 0.0973. The van der Waals surface area contributed by atoms with Gasteiger partial charge in [0.2, 0.25) is 5.60 Å². The van der Waals surface area contributed by atoms with Crippen molar-refractivity contribution in [2.45, 2.75) is 44.0 Å². The van der Waals surface area contributed by atoms with E-state index in [9.17, 15) is 18.0 Å². The fraction of sp³-hybridized carbons (Fsp3) is 0.259. The van der Waals surface area contributed by atoms with Crippen LogP contribution in [0.4, 0.5) is 13.2 Å². The van der Waals surface area contributed by atoms with Crippen LogP contribution in [0.5, 0.6) is 0 Å². The highest BCUT2D eigenvalue weighted by Gasteiger charge is 2.60. The molecule has 1 aliphatic carbocycles. The Morgan fingerprint density at radius 3 is 2.50 bits per heavy atom. The van der Waals surface area contributed by atoms with Crippen LogP contribution in [0.1, 0.15) is 51.1 Å². The summed E-state index contributed by atoms with van der Waals surface area (Å²) in [5.41, 5.74) is 1.36. The summed E-state index contributed by atoms with van der Waals surface area (Å²) in [6, 6.07) is 12.7. The molecular weight excluding hydrogens is 512 g/mol. The summed E-state index contributed by atoms with van der Waals surface area (Å²) in [6.45, 7) is 0.283. The van der Waals surface area contributed by atoms with Crippen LogP contribution in [0, 0.1) is 0 Å². The highest BCUT2D eigenvalue weighted by Crippen LogP contribution is 2.53. The zero-order valence-corrected chi connectivity index (χ0v) is 20.5. The topological polar surface area (TPSA) is 51.2 Å². The summed E-state index contributed by atoms with van der Waals surface area (Å²) in [4.78, 5) is 17.1. The van der Waals surface area contributed by atoms with Crippen LogP contribution in [-0.4, -0.2) is 17.1 Å². The van der Waals surface area contributed by atoms with Gasteiger partial charge < -0.3 is 10.1 Å². The van der Waals surface area contributed by atoms with Crippen LogP contribution in [0.3, 0.4) is 0 Å². The standard InChI is InChI=1S/C27H21Cl2F3N2O2/c28-18-10-17(11-19(29)12-18)26(27(30,31)32)13-16(15-36-26)21-7-8-24(23-6-3-5-22(21)23)25(35)34-14-20-4-1-2-9-33-20/h1-2,4,7-12,15H,3,5-6,13-14H2,(H,34,35). The monoisotopic (exact) mass is 532 g/mol. The lowest BCUT2D eigenvalue weighted by atomic mass is 9.84. The van der Waals surface area contributed by atoms with Gasteiger partial charge in [-0.05, 0) is 77.9 Å². The fourth-order valence-electron chi connectivity index (χ4n) is 4.96. The number of benzene rings is 2. The number of fused-ring (bicyclic) bond motifs is 1. The molecular formula is C27H21Cl2F3N2O2. The summed E-state index contributed by atoms with van der Waals surface area (Å²) < 4.78 is 48.7. The van der Waals surface area contributed by atoms with Crippen molar-refractivity contribution >= 4 is 34.7 Å². The first kappa shape index (κ1) is 24.7. The van der Waals surface area contributed by atoms with E-state index in [1.165, 1.54) is 24.5 Å². The Morgan fingerprint density at radius 1 is 1.06 bits per heavy atom. The molecule has 36 heavy (non-hydrogen) atoms. The number of carbonyl (C=O) groups excluding carboxylic acids is 1. The largest absolute Gasteiger partial charge is 0.480 e. The first-order valence-electron chi connectivity index (χ1n) is 11.4. The Hall–Kier alpha value is -3.03. The van der Waals surface area contributed by atoms with Crippen LogP contribution in [0.2, 0.25) is 10.0 Å². The molecule has 2 heterocycles. The van der Waals surface area contributed by atoms with Gasteiger partial charge in [0.15, 0.2) is 0 Å². The number of rotatable bonds is 5. The molecule has 5 rings (SSSR count). The number of alkyl halides is 3. The molecule has 186 valence electrons. The van der Waals surface area contributed by atoms with Crippen molar-refractivity contribution in [2.75, 3.05) is 0 Å². The molecule has 3 aromatic rings. The normalized spacial score (nSPS) is 19.0. The third-order valence-electron chi connectivity index (χ3n) is 6.66. The number of aromatic nitrogens is 1. The molecule has 0 spiro atoms. The van der Waals surface area contributed by atoms with Crippen LogP contribution in [0.15, 0.2) is 61.0 Å². The van der Waals surface area contributed by atoms with Crippen LogP contribution < -0.4 is 5.32 Å². The van der Waals surface area contributed by atoms with Crippen molar-refractivity contribution < 1.29 is 22.7 Å². The number of pyridine rings is 1. The predicted octanol–water partition coefficient (Wildman–Crippen LogP) is 7.03. The molecule has 1 aromatic heterocycles. The van der Waals surface area contributed by atoms with E-state index in [1.54, 1.807) is 24.4 Å².